The molecule has 8 aromatic carbocycles. The lowest BCUT2D eigenvalue weighted by Gasteiger charge is -2.48. The summed E-state index contributed by atoms with van der Waals surface area (Å²) in [5.74, 6) is 0. The largest absolute Gasteiger partial charge is 0.468 e. The Morgan fingerprint density at radius 2 is 0.967 bits per heavy atom. The van der Waals surface area contributed by atoms with Crippen LogP contribution in [0.1, 0.15) is 232 Å². The van der Waals surface area contributed by atoms with Gasteiger partial charge >= 0.3 is 0 Å². The van der Waals surface area contributed by atoms with Crippen LogP contribution >= 0.6 is 0 Å². The van der Waals surface area contributed by atoms with Gasteiger partial charge in [0.15, 0.2) is 0 Å². The number of para-hydroxylation sites is 1. The van der Waals surface area contributed by atoms with Gasteiger partial charge in [0.2, 0.25) is 0 Å². The van der Waals surface area contributed by atoms with Crippen molar-refractivity contribution in [2.24, 2.45) is 0 Å². The first-order chi connectivity index (χ1) is 42.3. The predicted molar refractivity (Wildman–Crippen MR) is 384 cm³/mol. The highest BCUT2D eigenvalue weighted by Crippen LogP contribution is 2.59. The molecule has 1 unspecified atom stereocenters. The van der Waals surface area contributed by atoms with Gasteiger partial charge in [-0.25, -0.2) is 0 Å². The van der Waals surface area contributed by atoms with Gasteiger partial charge in [0.25, 0.3) is 6.71 Å². The van der Waals surface area contributed by atoms with E-state index in [0.717, 1.165) is 67.6 Å². The Bertz CT molecular complexity index is 4550. The first-order valence-electron chi connectivity index (χ1n) is 34.3. The molecule has 4 aliphatic carbocycles. The number of rotatable bonds is 4. The molecule has 0 N–H and O–H groups in total. The van der Waals surface area contributed by atoms with Crippen LogP contribution in [0, 0.1) is 0 Å². The molecule has 0 fully saturated rings. The lowest BCUT2D eigenvalue weighted by molar-refractivity contribution is 0.332. The Morgan fingerprint density at radius 1 is 0.411 bits per heavy atom. The van der Waals surface area contributed by atoms with Crippen LogP contribution in [0.15, 0.2) is 150 Å². The van der Waals surface area contributed by atoms with E-state index in [4.69, 9.17) is 4.42 Å². The second-order valence-electron chi connectivity index (χ2n) is 34.9. The van der Waals surface area contributed by atoms with Gasteiger partial charge in [0.1, 0.15) is 5.58 Å². The number of benzene rings is 8. The average Bonchev–Trinajstić information content (AvgIpc) is 1.18. The first-order valence-corrected chi connectivity index (χ1v) is 34.3. The molecule has 7 aliphatic rings. The average molecular weight is 1180 g/mol. The minimum atomic E-state index is -0.232. The summed E-state index contributed by atoms with van der Waals surface area (Å²) in [5.41, 5.74) is 31.8. The van der Waals surface area contributed by atoms with E-state index in [1.54, 1.807) is 0 Å². The van der Waals surface area contributed by atoms with E-state index in [2.05, 4.69) is 285 Å². The molecule has 16 rings (SSSR count). The Kier molecular flexibility index (Phi) is 11.9. The zero-order valence-electron chi connectivity index (χ0n) is 57.3. The van der Waals surface area contributed by atoms with Gasteiger partial charge in [-0.2, -0.15) is 0 Å². The van der Waals surface area contributed by atoms with E-state index in [9.17, 15) is 0 Å². The molecule has 5 heteroatoms. The van der Waals surface area contributed by atoms with Crippen molar-refractivity contribution in [1.82, 2.24) is 0 Å². The lowest BCUT2D eigenvalue weighted by Crippen LogP contribution is -2.61. The summed E-state index contributed by atoms with van der Waals surface area (Å²) in [5, 5.41) is 1.20. The molecule has 4 heterocycles. The van der Waals surface area contributed by atoms with Crippen molar-refractivity contribution in [1.29, 1.82) is 0 Å². The molecule has 4 nitrogen and oxygen atoms in total. The topological polar surface area (TPSA) is 22.9 Å². The molecule has 0 saturated carbocycles. The zero-order valence-corrected chi connectivity index (χ0v) is 57.3. The van der Waals surface area contributed by atoms with E-state index >= 15 is 0 Å². The summed E-state index contributed by atoms with van der Waals surface area (Å²) in [6.45, 7) is 44.1. The summed E-state index contributed by atoms with van der Waals surface area (Å²) < 4.78 is 8.02. The van der Waals surface area contributed by atoms with Crippen molar-refractivity contribution < 1.29 is 4.42 Å². The van der Waals surface area contributed by atoms with Crippen molar-refractivity contribution in [3.05, 3.63) is 201 Å². The van der Waals surface area contributed by atoms with Crippen LogP contribution in [0.25, 0.3) is 22.1 Å². The van der Waals surface area contributed by atoms with E-state index in [1.165, 1.54) is 129 Å². The smallest absolute Gasteiger partial charge is 0.297 e. The molecular weight excluding hydrogens is 1090 g/mol. The molecule has 1 atom stereocenters. The van der Waals surface area contributed by atoms with Crippen molar-refractivity contribution >= 4 is 85.5 Å². The van der Waals surface area contributed by atoms with Gasteiger partial charge in [-0.3, -0.25) is 0 Å². The van der Waals surface area contributed by atoms with Crippen molar-refractivity contribution in [2.75, 3.05) is 14.7 Å². The van der Waals surface area contributed by atoms with Crippen LogP contribution in [-0.2, 0) is 48.7 Å². The molecule has 90 heavy (non-hydrogen) atoms. The monoisotopic (exact) mass is 1180 g/mol. The van der Waals surface area contributed by atoms with Gasteiger partial charge in [-0.15, -0.1) is 0 Å². The number of furan rings is 1. The Labute approximate surface area is 538 Å². The number of hydrogen-bond acceptors (Lipinski definition) is 4. The molecule has 9 aromatic rings. The molecule has 4 bridgehead atoms. The highest BCUT2D eigenvalue weighted by atomic mass is 16.3. The van der Waals surface area contributed by atoms with Crippen LogP contribution in [0.3, 0.4) is 0 Å². The molecule has 0 amide bonds. The number of fused-ring (bicyclic) bond motifs is 15. The van der Waals surface area contributed by atoms with E-state index < -0.39 is 0 Å². The Hall–Kier alpha value is -7.24. The van der Waals surface area contributed by atoms with E-state index in [1.807, 2.05) is 0 Å². The van der Waals surface area contributed by atoms with Crippen LogP contribution < -0.4 is 31.3 Å². The van der Waals surface area contributed by atoms with Gasteiger partial charge in [-0.05, 0) is 246 Å². The van der Waals surface area contributed by atoms with E-state index in [0.29, 0.717) is 0 Å². The first kappa shape index (κ1) is 57.9. The normalized spacial score (nSPS) is 21.7. The SMILES string of the molecule is CC(C)(C)c1ccc2c(c1)-c1cccc(c1)C1(C)CCC(C)(C)c3cc4c(cc31)N2c1cc(N(c2ccccc2)c2ccc3c(c2)C(C)(C)CCC3(C)C)cc2c1B4c1oc3cc4c(cc3c1N2c1ccc2c(c1)C(C)(C)CCC2(C)C)C(C)(C)CCC4(C)C. The molecule has 0 spiro atoms. The minimum absolute atomic E-state index is 0.00464. The lowest BCUT2D eigenvalue weighted by atomic mass is 9.35. The fraction of sp³-hybridized carbons (Fsp3) is 0.412. The Balaban J connectivity index is 1.10. The van der Waals surface area contributed by atoms with Gasteiger partial charge in [0, 0.05) is 50.5 Å². The number of nitrogens with zero attached hydrogens (tertiary/aromatic N) is 3. The van der Waals surface area contributed by atoms with Crippen molar-refractivity contribution in [3.8, 4) is 11.1 Å². The van der Waals surface area contributed by atoms with Gasteiger partial charge < -0.3 is 19.1 Å². The third-order valence-electron chi connectivity index (χ3n) is 24.7. The summed E-state index contributed by atoms with van der Waals surface area (Å²) in [4.78, 5) is 8.05. The van der Waals surface area contributed by atoms with Crippen LogP contribution in [0.5, 0.6) is 0 Å². The summed E-state index contributed by atoms with van der Waals surface area (Å²) in [6.07, 6.45) is 9.01. The maximum absolute atomic E-state index is 8.02. The quantitative estimate of drug-likeness (QED) is 0.164. The van der Waals surface area contributed by atoms with Crippen LogP contribution in [0.4, 0.5) is 51.2 Å². The highest BCUT2D eigenvalue weighted by Gasteiger charge is 2.52. The maximum atomic E-state index is 8.02. The summed E-state index contributed by atoms with van der Waals surface area (Å²) in [7, 11) is 0. The molecule has 3 aliphatic heterocycles. The number of anilines is 9. The number of hydrogen-bond donors (Lipinski definition) is 0. The standard InChI is InChI=1S/C85H94BN3O/c1-77(2,3)52-27-32-69-58(42-52)51-23-22-24-53(41-51)85(18)40-39-84(16,17)65-48-68-70(49-67(65)85)89(69)72-46-57(87(54-25-20-19-21-26-54)55-28-30-60-62(43-55)80(8,9)35-33-78(60,4)5)45-71-74(72)86(68)76-75(59-47-64-66(50-73(59)90-76)83(14,15)38-37-82(64,12)13)88(71)56-29-31-61-63(44-56)81(10,11)36-34-79(61,6)7/h19-32,41-50H,33-40H2,1-18H3. The fourth-order valence-electron chi connectivity index (χ4n) is 18.3. The van der Waals surface area contributed by atoms with Gasteiger partial charge in [-0.1, -0.05) is 191 Å². The molecule has 0 saturated heterocycles. The third-order valence-corrected chi connectivity index (χ3v) is 24.7. The third kappa shape index (κ3) is 8.24. The van der Waals surface area contributed by atoms with Gasteiger partial charge in [0.05, 0.1) is 22.7 Å². The van der Waals surface area contributed by atoms with Crippen molar-refractivity contribution in [2.45, 2.75) is 225 Å². The minimum Gasteiger partial charge on any atom is -0.468 e. The molecule has 458 valence electrons. The second kappa shape index (κ2) is 18.5. The van der Waals surface area contributed by atoms with Crippen LogP contribution in [-0.4, -0.2) is 6.71 Å². The second-order valence-corrected chi connectivity index (χ2v) is 34.9. The summed E-state index contributed by atoms with van der Waals surface area (Å²) in [6, 6.07) is 59.2. The van der Waals surface area contributed by atoms with Crippen LogP contribution in [0.2, 0.25) is 0 Å². The zero-order chi connectivity index (χ0) is 63.2. The summed E-state index contributed by atoms with van der Waals surface area (Å²) >= 11 is 0. The molecule has 1 aromatic heterocycles. The molecular formula is C85H94BN3O. The molecule has 0 radical (unpaired) electrons. The predicted octanol–water partition coefficient (Wildman–Crippen LogP) is 21.7. The van der Waals surface area contributed by atoms with Crippen molar-refractivity contribution in [3.63, 3.8) is 0 Å². The highest BCUT2D eigenvalue weighted by molar-refractivity contribution is 7.00. The maximum Gasteiger partial charge on any atom is 0.297 e. The van der Waals surface area contributed by atoms with E-state index in [-0.39, 0.29) is 55.4 Å². The fourth-order valence-corrected chi connectivity index (χ4v) is 18.3. The Morgan fingerprint density at radius 3 is 1.60 bits per heavy atom.